The molecule has 1 aromatic heterocycles. The standard InChI is InChI=1S/C18H21N3O2S/c1-3-9-24-18-20-16-15(17(23)21-18)13(10-14(22)19-16)12-7-5-11(4-2)6-8-12/h5-8,13H,3-4,9-10H2,1-2H3,(H2,19,20,21,22,23). The van der Waals surface area contributed by atoms with Crippen LogP contribution >= 0.6 is 11.8 Å². The molecule has 1 aliphatic rings. The summed E-state index contributed by atoms with van der Waals surface area (Å²) in [7, 11) is 0. The molecule has 0 saturated heterocycles. The summed E-state index contributed by atoms with van der Waals surface area (Å²) in [5.74, 6) is 0.924. The van der Waals surface area contributed by atoms with Crippen LogP contribution in [0.1, 0.15) is 49.3 Å². The highest BCUT2D eigenvalue weighted by Gasteiger charge is 2.30. The molecule has 0 aliphatic carbocycles. The Morgan fingerprint density at radius 2 is 1.96 bits per heavy atom. The second kappa shape index (κ2) is 7.21. The molecule has 1 aromatic carbocycles. The van der Waals surface area contributed by atoms with Crippen LogP contribution in [-0.2, 0) is 11.2 Å². The highest BCUT2D eigenvalue weighted by molar-refractivity contribution is 7.99. The summed E-state index contributed by atoms with van der Waals surface area (Å²) in [6, 6.07) is 8.11. The number of rotatable bonds is 5. The SMILES string of the molecule is CCCSc1nc2c(c(=O)[nH]1)C(c1ccc(CC)cc1)CC(=O)N2. The van der Waals surface area contributed by atoms with E-state index in [-0.39, 0.29) is 23.8 Å². The smallest absolute Gasteiger partial charge is 0.257 e. The van der Waals surface area contributed by atoms with E-state index >= 15 is 0 Å². The number of fused-ring (bicyclic) bond motifs is 1. The molecule has 0 radical (unpaired) electrons. The summed E-state index contributed by atoms with van der Waals surface area (Å²) >= 11 is 1.49. The Balaban J connectivity index is 2.02. The Hall–Kier alpha value is -2.08. The van der Waals surface area contributed by atoms with Crippen molar-refractivity contribution in [2.75, 3.05) is 11.1 Å². The molecule has 126 valence electrons. The molecular weight excluding hydrogens is 322 g/mol. The fourth-order valence-corrected chi connectivity index (χ4v) is 3.61. The van der Waals surface area contributed by atoms with Gasteiger partial charge in [0.2, 0.25) is 5.91 Å². The number of nitrogens with zero attached hydrogens (tertiary/aromatic N) is 1. The zero-order chi connectivity index (χ0) is 17.1. The van der Waals surface area contributed by atoms with Gasteiger partial charge in [0.1, 0.15) is 5.82 Å². The summed E-state index contributed by atoms with van der Waals surface area (Å²) in [5, 5.41) is 3.31. The number of thioether (sulfide) groups is 1. The third kappa shape index (κ3) is 3.38. The van der Waals surface area contributed by atoms with Gasteiger partial charge in [0.15, 0.2) is 5.16 Å². The molecular formula is C18H21N3O2S. The van der Waals surface area contributed by atoms with E-state index in [1.165, 1.54) is 17.3 Å². The first-order valence-electron chi connectivity index (χ1n) is 8.28. The second-order valence-corrected chi connectivity index (χ2v) is 6.97. The molecule has 2 N–H and O–H groups in total. The lowest BCUT2D eigenvalue weighted by Crippen LogP contribution is -2.31. The van der Waals surface area contributed by atoms with Crippen LogP contribution in [0.3, 0.4) is 0 Å². The lowest BCUT2D eigenvalue weighted by molar-refractivity contribution is -0.116. The Bertz CT molecular complexity index is 799. The molecule has 1 amide bonds. The highest BCUT2D eigenvalue weighted by atomic mass is 32.2. The summed E-state index contributed by atoms with van der Waals surface area (Å²) in [6.45, 7) is 4.17. The number of hydrogen-bond donors (Lipinski definition) is 2. The number of carbonyl (C=O) groups excluding carboxylic acids is 1. The minimum atomic E-state index is -0.249. The molecule has 2 heterocycles. The minimum absolute atomic E-state index is 0.100. The number of carbonyl (C=O) groups is 1. The van der Waals surface area contributed by atoms with Crippen molar-refractivity contribution >= 4 is 23.5 Å². The van der Waals surface area contributed by atoms with Gasteiger partial charge in [-0.1, -0.05) is 49.9 Å². The molecule has 6 heteroatoms. The van der Waals surface area contributed by atoms with Gasteiger partial charge in [-0.2, -0.15) is 0 Å². The lowest BCUT2D eigenvalue weighted by atomic mass is 9.86. The van der Waals surface area contributed by atoms with Crippen LogP contribution in [0.4, 0.5) is 5.82 Å². The average molecular weight is 343 g/mol. The fraction of sp³-hybridized carbons (Fsp3) is 0.389. The van der Waals surface area contributed by atoms with Gasteiger partial charge in [0, 0.05) is 18.1 Å². The molecule has 24 heavy (non-hydrogen) atoms. The highest BCUT2D eigenvalue weighted by Crippen LogP contribution is 2.34. The third-order valence-corrected chi connectivity index (χ3v) is 5.24. The van der Waals surface area contributed by atoms with Gasteiger partial charge in [-0.15, -0.1) is 0 Å². The summed E-state index contributed by atoms with van der Waals surface area (Å²) in [5.41, 5.74) is 2.60. The summed E-state index contributed by atoms with van der Waals surface area (Å²) in [4.78, 5) is 32.0. The Labute approximate surface area is 145 Å². The number of aromatic nitrogens is 2. The van der Waals surface area contributed by atoms with Crippen molar-refractivity contribution in [2.45, 2.75) is 44.2 Å². The number of H-pyrrole nitrogens is 1. The van der Waals surface area contributed by atoms with Crippen molar-refractivity contribution in [3.63, 3.8) is 0 Å². The fourth-order valence-electron chi connectivity index (χ4n) is 2.89. The van der Waals surface area contributed by atoms with E-state index in [0.29, 0.717) is 16.5 Å². The van der Waals surface area contributed by atoms with Crippen LogP contribution in [-0.4, -0.2) is 21.6 Å². The van der Waals surface area contributed by atoms with E-state index in [0.717, 1.165) is 24.2 Å². The van der Waals surface area contributed by atoms with Gasteiger partial charge in [-0.3, -0.25) is 9.59 Å². The van der Waals surface area contributed by atoms with Crippen molar-refractivity contribution in [2.24, 2.45) is 0 Å². The van der Waals surface area contributed by atoms with E-state index < -0.39 is 0 Å². The number of anilines is 1. The first-order valence-corrected chi connectivity index (χ1v) is 9.26. The van der Waals surface area contributed by atoms with E-state index in [2.05, 4.69) is 41.3 Å². The van der Waals surface area contributed by atoms with E-state index in [4.69, 9.17) is 0 Å². The van der Waals surface area contributed by atoms with Crippen molar-refractivity contribution in [1.29, 1.82) is 0 Å². The maximum Gasteiger partial charge on any atom is 0.257 e. The Morgan fingerprint density at radius 1 is 1.21 bits per heavy atom. The molecule has 0 fully saturated rings. The van der Waals surface area contributed by atoms with Crippen molar-refractivity contribution in [3.05, 3.63) is 51.3 Å². The van der Waals surface area contributed by atoms with Gasteiger partial charge in [-0.05, 0) is 24.0 Å². The predicted octanol–water partition coefficient (Wildman–Crippen LogP) is 3.31. The van der Waals surface area contributed by atoms with Crippen LogP contribution in [0.15, 0.2) is 34.2 Å². The average Bonchev–Trinajstić information content (AvgIpc) is 2.59. The molecule has 3 rings (SSSR count). The maximum atomic E-state index is 12.6. The molecule has 5 nitrogen and oxygen atoms in total. The molecule has 0 saturated carbocycles. The normalized spacial score (nSPS) is 16.6. The topological polar surface area (TPSA) is 74.8 Å². The third-order valence-electron chi connectivity index (χ3n) is 4.16. The van der Waals surface area contributed by atoms with Gasteiger partial charge in [0.05, 0.1) is 5.56 Å². The van der Waals surface area contributed by atoms with Gasteiger partial charge < -0.3 is 10.3 Å². The minimum Gasteiger partial charge on any atom is -0.310 e. The predicted molar refractivity (Wildman–Crippen MR) is 96.8 cm³/mol. The second-order valence-electron chi connectivity index (χ2n) is 5.88. The van der Waals surface area contributed by atoms with Crippen LogP contribution in [0.5, 0.6) is 0 Å². The van der Waals surface area contributed by atoms with Crippen LogP contribution in [0.25, 0.3) is 0 Å². The zero-order valence-electron chi connectivity index (χ0n) is 13.9. The zero-order valence-corrected chi connectivity index (χ0v) is 14.7. The number of hydrogen-bond acceptors (Lipinski definition) is 4. The molecule has 2 aromatic rings. The molecule has 1 unspecified atom stereocenters. The number of amides is 1. The monoisotopic (exact) mass is 343 g/mol. The number of aromatic amines is 1. The van der Waals surface area contributed by atoms with Gasteiger partial charge >= 0.3 is 0 Å². The molecule has 0 bridgehead atoms. The van der Waals surface area contributed by atoms with Crippen LogP contribution in [0.2, 0.25) is 0 Å². The van der Waals surface area contributed by atoms with Crippen molar-refractivity contribution < 1.29 is 4.79 Å². The summed E-state index contributed by atoms with van der Waals surface area (Å²) < 4.78 is 0. The van der Waals surface area contributed by atoms with E-state index in [1.54, 1.807) is 0 Å². The largest absolute Gasteiger partial charge is 0.310 e. The van der Waals surface area contributed by atoms with Crippen molar-refractivity contribution in [3.8, 4) is 0 Å². The number of aryl methyl sites for hydroxylation is 1. The van der Waals surface area contributed by atoms with E-state index in [1.807, 2.05) is 12.1 Å². The Morgan fingerprint density at radius 3 is 2.62 bits per heavy atom. The number of nitrogens with one attached hydrogen (secondary N) is 2. The quantitative estimate of drug-likeness (QED) is 0.645. The van der Waals surface area contributed by atoms with Crippen LogP contribution < -0.4 is 10.9 Å². The van der Waals surface area contributed by atoms with Crippen LogP contribution in [0, 0.1) is 0 Å². The van der Waals surface area contributed by atoms with Gasteiger partial charge in [-0.25, -0.2) is 4.98 Å². The molecule has 0 spiro atoms. The van der Waals surface area contributed by atoms with Gasteiger partial charge in [0.25, 0.3) is 5.56 Å². The molecule has 1 aliphatic heterocycles. The maximum absolute atomic E-state index is 12.6. The first kappa shape index (κ1) is 16.8. The lowest BCUT2D eigenvalue weighted by Gasteiger charge is -2.24. The van der Waals surface area contributed by atoms with E-state index in [9.17, 15) is 9.59 Å². The Kier molecular flexibility index (Phi) is 5.04. The molecule has 1 atom stereocenters. The summed E-state index contributed by atoms with van der Waals surface area (Å²) in [6.07, 6.45) is 2.22. The van der Waals surface area contributed by atoms with Crippen molar-refractivity contribution in [1.82, 2.24) is 9.97 Å². The first-order chi connectivity index (χ1) is 11.6. The number of benzene rings is 1.